The van der Waals surface area contributed by atoms with Crippen LogP contribution in [0.4, 0.5) is 0 Å². The molecule has 53 heavy (non-hydrogen) atoms. The van der Waals surface area contributed by atoms with Crippen LogP contribution in [0.3, 0.4) is 0 Å². The molecule has 0 amide bonds. The molecular weight excluding hydrogens is 641 g/mol. The van der Waals surface area contributed by atoms with Gasteiger partial charge < -0.3 is 4.42 Å². The molecule has 0 aliphatic heterocycles. The third kappa shape index (κ3) is 4.71. The van der Waals surface area contributed by atoms with Crippen LogP contribution in [0, 0.1) is 0 Å². The maximum atomic E-state index is 9.68. The molecule has 1 heterocycles. The largest absolute Gasteiger partial charge is 0.456 e. The van der Waals surface area contributed by atoms with E-state index in [1.165, 1.54) is 0 Å². The van der Waals surface area contributed by atoms with Gasteiger partial charge in [-0.25, -0.2) is 0 Å². The predicted octanol–water partition coefficient (Wildman–Crippen LogP) is 14.9. The van der Waals surface area contributed by atoms with Crippen LogP contribution in [0.1, 0.15) is 43.9 Å². The van der Waals surface area contributed by atoms with Crippen molar-refractivity contribution < 1.29 is 48.3 Å². The second kappa shape index (κ2) is 11.8. The fraction of sp³-hybridized carbons (Fsp3) is 0. The highest BCUT2D eigenvalue weighted by Crippen LogP contribution is 2.46. The van der Waals surface area contributed by atoms with Crippen LogP contribution in [0.15, 0.2) is 198 Å². The summed E-state index contributed by atoms with van der Waals surface area (Å²) in [6, 6.07) is -30.7. The van der Waals surface area contributed by atoms with Gasteiger partial charge in [0.15, 0.2) is 0 Å². The number of fused-ring (bicyclic) bond motifs is 8. The summed E-state index contributed by atoms with van der Waals surface area (Å²) in [5, 5.41) is -6.70. The van der Waals surface area contributed by atoms with Gasteiger partial charge in [-0.3, -0.25) is 0 Å². The Bertz CT molecular complexity index is 4940. The van der Waals surface area contributed by atoms with Gasteiger partial charge in [0, 0.05) is 10.8 Å². The lowest BCUT2D eigenvalue weighted by molar-refractivity contribution is 0.669. The first-order valence-electron chi connectivity index (χ1n) is 31.7. The van der Waals surface area contributed by atoms with Crippen molar-refractivity contribution in [2.75, 3.05) is 0 Å². The Balaban J connectivity index is 1.30. The lowest BCUT2D eigenvalue weighted by Crippen LogP contribution is -1.92. The fourth-order valence-corrected chi connectivity index (χ4v) is 6.32. The molecule has 0 saturated heterocycles. The van der Waals surface area contributed by atoms with Crippen molar-refractivity contribution in [2.45, 2.75) is 0 Å². The van der Waals surface area contributed by atoms with Crippen molar-refractivity contribution in [2.24, 2.45) is 0 Å². The normalized spacial score (nSPS) is 20.2. The molecule has 0 aliphatic carbocycles. The first-order chi connectivity index (χ1) is 39.6. The summed E-state index contributed by atoms with van der Waals surface area (Å²) >= 11 is 0. The first kappa shape index (κ1) is 12.0. The SMILES string of the molecule is [2H]c1c([2H])c([2H])c(-c2c([2H])c([2H])c3c(oc4c([2H])c(-c5c([2H])c([2H])c(-c6c7c([2H])c([2H])c([2H])c([2H])c7c(-c7c([2H])c([2H])c([2H])c8c7c([2H])c([2H])c7c([2H])c([2H])c([2H])c([2H])c78)c7c([2H])c([2H])c([2H])c([2H])c67)c([2H])c5[2H])c([2H])c([2H])c43)c2[2H])c([2H])c1[2H]. The molecule has 0 atom stereocenters. The van der Waals surface area contributed by atoms with Gasteiger partial charge in [-0.05, 0) is 112 Å². The summed E-state index contributed by atoms with van der Waals surface area (Å²) in [6.07, 6.45) is 0. The van der Waals surface area contributed by atoms with Crippen LogP contribution in [0.5, 0.6) is 0 Å². The van der Waals surface area contributed by atoms with E-state index in [4.69, 9.17) is 30.5 Å². The molecule has 1 aromatic heterocycles. The Kier molecular flexibility index (Phi) is 2.68. The molecule has 0 fully saturated rings. The molecule has 0 spiro atoms. The van der Waals surface area contributed by atoms with Crippen molar-refractivity contribution in [3.63, 3.8) is 0 Å². The van der Waals surface area contributed by atoms with E-state index < -0.39 is 303 Å². The van der Waals surface area contributed by atoms with Gasteiger partial charge in [0.05, 0.1) is 43.9 Å². The van der Waals surface area contributed by atoms with Crippen LogP contribution in [0.2, 0.25) is 0 Å². The Morgan fingerprint density at radius 3 is 1.40 bits per heavy atom. The molecular formula is C52H32O. The van der Waals surface area contributed by atoms with Crippen molar-refractivity contribution in [1.82, 2.24) is 0 Å². The summed E-state index contributed by atoms with van der Waals surface area (Å²) in [4.78, 5) is 0. The minimum absolute atomic E-state index is 0.494. The third-order valence-corrected chi connectivity index (χ3v) is 8.64. The van der Waals surface area contributed by atoms with E-state index >= 15 is 0 Å². The first-order valence-corrected chi connectivity index (χ1v) is 15.7. The summed E-state index contributed by atoms with van der Waals surface area (Å²) in [5.41, 5.74) is -7.69. The highest BCUT2D eigenvalue weighted by atomic mass is 16.3. The highest BCUT2D eigenvalue weighted by Gasteiger charge is 2.18. The van der Waals surface area contributed by atoms with Crippen molar-refractivity contribution >= 4 is 65.0 Å². The van der Waals surface area contributed by atoms with Gasteiger partial charge in [-0.1, -0.05) is 169 Å². The summed E-state index contributed by atoms with van der Waals surface area (Å²) in [5.74, 6) is 0. The Morgan fingerprint density at radius 2 is 0.755 bits per heavy atom. The number of benzene rings is 10. The zero-order chi connectivity index (χ0) is 62.7. The van der Waals surface area contributed by atoms with Gasteiger partial charge in [0.2, 0.25) is 0 Å². The molecule has 10 aromatic carbocycles. The smallest absolute Gasteiger partial charge is 0.136 e. The quantitative estimate of drug-likeness (QED) is 0.131. The van der Waals surface area contributed by atoms with Crippen LogP contribution in [-0.4, -0.2) is 0 Å². The monoisotopic (exact) mass is 704 g/mol. The van der Waals surface area contributed by atoms with E-state index in [0.717, 1.165) is 0 Å². The topological polar surface area (TPSA) is 13.1 Å². The Morgan fingerprint density at radius 1 is 0.283 bits per heavy atom. The zero-order valence-corrected chi connectivity index (χ0v) is 26.4. The zero-order valence-electron chi connectivity index (χ0n) is 58.4. The molecule has 1 heteroatoms. The van der Waals surface area contributed by atoms with Gasteiger partial charge in [0.1, 0.15) is 11.2 Å². The predicted molar refractivity (Wildman–Crippen MR) is 225 cm³/mol. The Labute approximate surface area is 352 Å². The van der Waals surface area contributed by atoms with Gasteiger partial charge in [-0.2, -0.15) is 0 Å². The fourth-order valence-electron chi connectivity index (χ4n) is 6.32. The summed E-state index contributed by atoms with van der Waals surface area (Å²) < 4.78 is 295. The third-order valence-electron chi connectivity index (χ3n) is 8.64. The van der Waals surface area contributed by atoms with Crippen molar-refractivity contribution in [1.29, 1.82) is 0 Å². The molecule has 11 rings (SSSR count). The lowest BCUT2D eigenvalue weighted by Gasteiger charge is -2.19. The molecule has 0 radical (unpaired) electrons. The Hall–Kier alpha value is -6.96. The molecule has 0 aliphatic rings. The maximum Gasteiger partial charge on any atom is 0.136 e. The van der Waals surface area contributed by atoms with Crippen LogP contribution in [0.25, 0.3) is 110 Å². The van der Waals surface area contributed by atoms with E-state index in [1.807, 2.05) is 0 Å². The minimum atomic E-state index is -1.16. The second-order valence-electron chi connectivity index (χ2n) is 11.5. The van der Waals surface area contributed by atoms with Gasteiger partial charge >= 0.3 is 0 Å². The number of hydrogen-bond acceptors (Lipinski definition) is 1. The van der Waals surface area contributed by atoms with Crippen molar-refractivity contribution in [3.8, 4) is 44.5 Å². The summed E-state index contributed by atoms with van der Waals surface area (Å²) in [6.45, 7) is 0. The summed E-state index contributed by atoms with van der Waals surface area (Å²) in [7, 11) is 0. The van der Waals surface area contributed by atoms with Crippen LogP contribution in [-0.2, 0) is 0 Å². The van der Waals surface area contributed by atoms with E-state index in [-0.39, 0.29) is 0 Å². The highest BCUT2D eigenvalue weighted by molar-refractivity contribution is 6.25. The lowest BCUT2D eigenvalue weighted by atomic mass is 9.84. The minimum Gasteiger partial charge on any atom is -0.456 e. The van der Waals surface area contributed by atoms with Crippen LogP contribution >= 0.6 is 0 Å². The van der Waals surface area contributed by atoms with Gasteiger partial charge in [0.25, 0.3) is 0 Å². The molecule has 11 aromatic rings. The van der Waals surface area contributed by atoms with E-state index in [1.54, 1.807) is 0 Å². The van der Waals surface area contributed by atoms with Crippen molar-refractivity contribution in [3.05, 3.63) is 193 Å². The average Bonchev–Trinajstić information content (AvgIpc) is 0.940. The standard InChI is InChI=1S/C52H32O/c1-2-11-33(12-3-1)37-26-29-42-43-30-27-38(32-50(43)53-49(42)31-37)34-21-23-36(24-22-34)51-45-15-6-8-17-47(45)52(48-18-9-7-16-46(48)51)44-20-10-19-40-39-14-5-4-13-35(39)25-28-41(40)44/h1-32H/i1D,2D,3D,4D,5D,6D,7D,8D,9D,10D,11D,12D,13D,14D,15D,16D,17D,18D,19D,20D,21D,22D,23D,24D,25D,26D,27D,28D,29D,30D,31D,32D. The second-order valence-corrected chi connectivity index (χ2v) is 11.5. The van der Waals surface area contributed by atoms with E-state index in [2.05, 4.69) is 0 Å². The number of furan rings is 1. The number of hydrogen-bond donors (Lipinski definition) is 0. The maximum absolute atomic E-state index is 9.68. The van der Waals surface area contributed by atoms with Gasteiger partial charge in [-0.15, -0.1) is 0 Å². The molecule has 0 unspecified atom stereocenters. The average molecular weight is 705 g/mol. The molecule has 0 bridgehead atoms. The number of rotatable bonds is 4. The molecule has 1 nitrogen and oxygen atoms in total. The van der Waals surface area contributed by atoms with E-state index in [0.29, 0.717) is 0 Å². The van der Waals surface area contributed by atoms with Crippen LogP contribution < -0.4 is 0 Å². The molecule has 246 valence electrons. The molecule has 0 N–H and O–H groups in total. The molecule has 0 saturated carbocycles. The van der Waals surface area contributed by atoms with E-state index in [9.17, 15) is 17.8 Å².